The van der Waals surface area contributed by atoms with Crippen LogP contribution in [0.1, 0.15) is 24.1 Å². The monoisotopic (exact) mass is 284 g/mol. The SMILES string of the molecule is CCN(Cc1ccccc1)C(CN)c1ccc(OC)cc1. The molecule has 3 nitrogen and oxygen atoms in total. The first-order valence-corrected chi connectivity index (χ1v) is 7.40. The van der Waals surface area contributed by atoms with Crippen molar-refractivity contribution in [1.29, 1.82) is 0 Å². The number of nitrogens with zero attached hydrogens (tertiary/aromatic N) is 1. The second-order valence-corrected chi connectivity index (χ2v) is 5.07. The van der Waals surface area contributed by atoms with Crippen LogP contribution in [0.25, 0.3) is 0 Å². The third-order valence-electron chi connectivity index (χ3n) is 3.80. The standard InChI is InChI=1S/C18H24N2O/c1-3-20(14-15-7-5-4-6-8-15)18(13-19)16-9-11-17(21-2)12-10-16/h4-12,18H,3,13-14,19H2,1-2H3. The highest BCUT2D eigenvalue weighted by molar-refractivity contribution is 5.29. The molecule has 0 heterocycles. The van der Waals surface area contributed by atoms with Crippen molar-refractivity contribution in [2.24, 2.45) is 5.73 Å². The van der Waals surface area contributed by atoms with Gasteiger partial charge in [0.25, 0.3) is 0 Å². The molecular formula is C18H24N2O. The van der Waals surface area contributed by atoms with Gasteiger partial charge in [-0.05, 0) is 29.8 Å². The molecule has 0 saturated heterocycles. The van der Waals surface area contributed by atoms with E-state index in [1.807, 2.05) is 18.2 Å². The molecule has 112 valence electrons. The third kappa shape index (κ3) is 4.06. The van der Waals surface area contributed by atoms with Crippen molar-refractivity contribution in [3.63, 3.8) is 0 Å². The normalized spacial score (nSPS) is 12.4. The van der Waals surface area contributed by atoms with Crippen molar-refractivity contribution in [1.82, 2.24) is 4.90 Å². The minimum Gasteiger partial charge on any atom is -0.497 e. The van der Waals surface area contributed by atoms with Gasteiger partial charge in [0.15, 0.2) is 0 Å². The molecule has 0 aliphatic heterocycles. The first-order valence-electron chi connectivity index (χ1n) is 7.40. The zero-order valence-corrected chi connectivity index (χ0v) is 12.8. The minimum absolute atomic E-state index is 0.223. The van der Waals surface area contributed by atoms with Gasteiger partial charge in [0.2, 0.25) is 0 Å². The van der Waals surface area contributed by atoms with E-state index in [4.69, 9.17) is 10.5 Å². The predicted molar refractivity (Wildman–Crippen MR) is 87.3 cm³/mol. The number of hydrogen-bond acceptors (Lipinski definition) is 3. The van der Waals surface area contributed by atoms with Gasteiger partial charge in [0.05, 0.1) is 7.11 Å². The smallest absolute Gasteiger partial charge is 0.118 e. The second-order valence-electron chi connectivity index (χ2n) is 5.07. The summed E-state index contributed by atoms with van der Waals surface area (Å²) in [6.07, 6.45) is 0. The lowest BCUT2D eigenvalue weighted by molar-refractivity contribution is 0.203. The van der Waals surface area contributed by atoms with E-state index in [9.17, 15) is 0 Å². The number of hydrogen-bond donors (Lipinski definition) is 1. The van der Waals surface area contributed by atoms with E-state index in [0.717, 1.165) is 18.8 Å². The molecule has 3 heteroatoms. The van der Waals surface area contributed by atoms with E-state index in [1.54, 1.807) is 7.11 Å². The first kappa shape index (κ1) is 15.5. The Morgan fingerprint density at radius 2 is 1.71 bits per heavy atom. The second kappa shape index (κ2) is 7.81. The van der Waals surface area contributed by atoms with Gasteiger partial charge >= 0.3 is 0 Å². The number of nitrogens with two attached hydrogens (primary N) is 1. The molecule has 21 heavy (non-hydrogen) atoms. The lowest BCUT2D eigenvalue weighted by Crippen LogP contribution is -2.33. The molecule has 0 amide bonds. The Labute approximate surface area is 127 Å². The van der Waals surface area contributed by atoms with Gasteiger partial charge < -0.3 is 10.5 Å². The van der Waals surface area contributed by atoms with E-state index >= 15 is 0 Å². The molecule has 0 aliphatic carbocycles. The molecule has 0 aromatic heterocycles. The minimum atomic E-state index is 0.223. The van der Waals surface area contributed by atoms with Crippen LogP contribution in [0.3, 0.4) is 0 Å². The third-order valence-corrected chi connectivity index (χ3v) is 3.80. The number of ether oxygens (including phenoxy) is 1. The van der Waals surface area contributed by atoms with Crippen LogP contribution in [0.5, 0.6) is 5.75 Å². The highest BCUT2D eigenvalue weighted by atomic mass is 16.5. The molecule has 0 spiro atoms. The Bertz CT molecular complexity index is 525. The molecule has 0 bridgehead atoms. The maximum atomic E-state index is 6.03. The van der Waals surface area contributed by atoms with E-state index in [-0.39, 0.29) is 6.04 Å². The first-order chi connectivity index (χ1) is 10.3. The molecule has 0 aliphatic rings. The lowest BCUT2D eigenvalue weighted by Gasteiger charge is -2.30. The summed E-state index contributed by atoms with van der Waals surface area (Å²) < 4.78 is 5.22. The van der Waals surface area contributed by atoms with E-state index in [2.05, 4.69) is 48.2 Å². The van der Waals surface area contributed by atoms with E-state index in [0.29, 0.717) is 6.54 Å². The van der Waals surface area contributed by atoms with E-state index in [1.165, 1.54) is 11.1 Å². The number of benzene rings is 2. The summed E-state index contributed by atoms with van der Waals surface area (Å²) in [7, 11) is 1.68. The summed E-state index contributed by atoms with van der Waals surface area (Å²) in [6.45, 7) is 4.65. The molecule has 2 aromatic rings. The molecule has 2 aromatic carbocycles. The molecule has 0 saturated carbocycles. The Morgan fingerprint density at radius 1 is 1.05 bits per heavy atom. The van der Waals surface area contributed by atoms with Crippen LogP contribution in [0.15, 0.2) is 54.6 Å². The Kier molecular flexibility index (Phi) is 5.78. The van der Waals surface area contributed by atoms with Crippen molar-refractivity contribution in [3.8, 4) is 5.75 Å². The topological polar surface area (TPSA) is 38.5 Å². The summed E-state index contributed by atoms with van der Waals surface area (Å²) in [6, 6.07) is 18.9. The molecule has 0 radical (unpaired) electrons. The maximum absolute atomic E-state index is 6.03. The molecular weight excluding hydrogens is 260 g/mol. The fraction of sp³-hybridized carbons (Fsp3) is 0.333. The Balaban J connectivity index is 2.16. The van der Waals surface area contributed by atoms with Gasteiger partial charge in [-0.3, -0.25) is 4.90 Å². The molecule has 2 N–H and O–H groups in total. The van der Waals surface area contributed by atoms with Crippen molar-refractivity contribution in [2.45, 2.75) is 19.5 Å². The highest BCUT2D eigenvalue weighted by Crippen LogP contribution is 2.23. The fourth-order valence-electron chi connectivity index (χ4n) is 2.58. The zero-order chi connectivity index (χ0) is 15.1. The van der Waals surface area contributed by atoms with Crippen LogP contribution >= 0.6 is 0 Å². The predicted octanol–water partition coefficient (Wildman–Crippen LogP) is 3.22. The van der Waals surface area contributed by atoms with Crippen LogP contribution in [0, 0.1) is 0 Å². The van der Waals surface area contributed by atoms with Crippen LogP contribution in [0.2, 0.25) is 0 Å². The summed E-state index contributed by atoms with van der Waals surface area (Å²) >= 11 is 0. The van der Waals surface area contributed by atoms with Gasteiger partial charge in [0.1, 0.15) is 5.75 Å². The number of likely N-dealkylation sites (N-methyl/N-ethyl adjacent to an activating group) is 1. The van der Waals surface area contributed by atoms with Crippen molar-refractivity contribution >= 4 is 0 Å². The fourth-order valence-corrected chi connectivity index (χ4v) is 2.58. The van der Waals surface area contributed by atoms with Crippen LogP contribution < -0.4 is 10.5 Å². The summed E-state index contributed by atoms with van der Waals surface area (Å²) in [5.74, 6) is 0.876. The molecule has 1 unspecified atom stereocenters. The quantitative estimate of drug-likeness (QED) is 0.848. The molecule has 2 rings (SSSR count). The van der Waals surface area contributed by atoms with Crippen LogP contribution in [-0.4, -0.2) is 25.1 Å². The van der Waals surface area contributed by atoms with Gasteiger partial charge in [0, 0.05) is 19.1 Å². The number of methoxy groups -OCH3 is 1. The Morgan fingerprint density at radius 3 is 2.24 bits per heavy atom. The average Bonchev–Trinajstić information content (AvgIpc) is 2.56. The van der Waals surface area contributed by atoms with Gasteiger partial charge in [-0.15, -0.1) is 0 Å². The van der Waals surface area contributed by atoms with Crippen LogP contribution in [-0.2, 0) is 6.54 Å². The van der Waals surface area contributed by atoms with Gasteiger partial charge in [-0.25, -0.2) is 0 Å². The van der Waals surface area contributed by atoms with E-state index < -0.39 is 0 Å². The summed E-state index contributed by atoms with van der Waals surface area (Å²) in [4.78, 5) is 2.40. The Hall–Kier alpha value is -1.84. The highest BCUT2D eigenvalue weighted by Gasteiger charge is 2.17. The molecule has 0 fully saturated rings. The molecule has 1 atom stereocenters. The zero-order valence-electron chi connectivity index (χ0n) is 12.8. The van der Waals surface area contributed by atoms with Crippen molar-refractivity contribution in [3.05, 3.63) is 65.7 Å². The average molecular weight is 284 g/mol. The number of rotatable bonds is 7. The van der Waals surface area contributed by atoms with Gasteiger partial charge in [-0.2, -0.15) is 0 Å². The van der Waals surface area contributed by atoms with Gasteiger partial charge in [-0.1, -0.05) is 49.4 Å². The summed E-state index contributed by atoms with van der Waals surface area (Å²) in [5.41, 5.74) is 8.58. The van der Waals surface area contributed by atoms with Crippen molar-refractivity contribution in [2.75, 3.05) is 20.2 Å². The largest absolute Gasteiger partial charge is 0.497 e. The van der Waals surface area contributed by atoms with Crippen LogP contribution in [0.4, 0.5) is 0 Å². The summed E-state index contributed by atoms with van der Waals surface area (Å²) in [5, 5.41) is 0. The van der Waals surface area contributed by atoms with Crippen molar-refractivity contribution < 1.29 is 4.74 Å². The maximum Gasteiger partial charge on any atom is 0.118 e. The lowest BCUT2D eigenvalue weighted by atomic mass is 10.0.